The largest absolute Gasteiger partial charge is 0.303 e. The van der Waals surface area contributed by atoms with Crippen LogP contribution in [-0.2, 0) is 0 Å². The second-order valence-corrected chi connectivity index (χ2v) is 6.11. The van der Waals surface area contributed by atoms with E-state index in [9.17, 15) is 0 Å². The highest BCUT2D eigenvalue weighted by Crippen LogP contribution is 2.33. The maximum Gasteiger partial charge on any atom is 0.00163 e. The summed E-state index contributed by atoms with van der Waals surface area (Å²) in [5.74, 6) is 0. The molecule has 2 aromatic carbocycles. The lowest BCUT2D eigenvalue weighted by atomic mass is 9.93. The van der Waals surface area contributed by atoms with Crippen LogP contribution in [0.25, 0.3) is 17.7 Å². The van der Waals surface area contributed by atoms with E-state index in [1.165, 1.54) is 53.9 Å². The van der Waals surface area contributed by atoms with Gasteiger partial charge in [0.15, 0.2) is 0 Å². The predicted molar refractivity (Wildman–Crippen MR) is 94.6 cm³/mol. The van der Waals surface area contributed by atoms with Gasteiger partial charge in [0.25, 0.3) is 0 Å². The lowest BCUT2D eigenvalue weighted by Crippen LogP contribution is -2.37. The topological polar surface area (TPSA) is 3.24 Å². The number of benzene rings is 2. The molecule has 0 spiro atoms. The summed E-state index contributed by atoms with van der Waals surface area (Å²) in [4.78, 5) is 2.53. The van der Waals surface area contributed by atoms with Crippen LogP contribution < -0.4 is 0 Å². The Labute approximate surface area is 132 Å². The van der Waals surface area contributed by atoms with E-state index in [4.69, 9.17) is 0 Å². The molecule has 1 aliphatic heterocycles. The molecule has 0 N–H and O–H groups in total. The number of rotatable bonds is 3. The molecule has 0 unspecified atom stereocenters. The van der Waals surface area contributed by atoms with Gasteiger partial charge in [0.1, 0.15) is 0 Å². The van der Waals surface area contributed by atoms with Crippen LogP contribution >= 0.6 is 0 Å². The zero-order valence-electron chi connectivity index (χ0n) is 12.8. The van der Waals surface area contributed by atoms with Crippen molar-refractivity contribution in [3.63, 3.8) is 0 Å². The minimum absolute atomic E-state index is 1.12. The number of hydrogen-bond acceptors (Lipinski definition) is 1. The average Bonchev–Trinajstić information content (AvgIpc) is 2.67. The summed E-state index contributed by atoms with van der Waals surface area (Å²) in [7, 11) is 0. The monoisotopic (exact) mass is 287 g/mol. The number of fused-ring (bicyclic) bond motifs is 2. The van der Waals surface area contributed by atoms with Gasteiger partial charge in [-0.2, -0.15) is 0 Å². The van der Waals surface area contributed by atoms with Crippen LogP contribution in [-0.4, -0.2) is 24.5 Å². The molecule has 0 aromatic heterocycles. The first-order chi connectivity index (χ1) is 10.9. The molecule has 0 saturated carbocycles. The molecule has 2 aromatic rings. The molecular weight excluding hydrogens is 266 g/mol. The van der Waals surface area contributed by atoms with Gasteiger partial charge in [-0.25, -0.2) is 0 Å². The van der Waals surface area contributed by atoms with Gasteiger partial charge in [0.05, 0.1) is 0 Å². The van der Waals surface area contributed by atoms with E-state index < -0.39 is 0 Å². The summed E-state index contributed by atoms with van der Waals surface area (Å²) in [6, 6.07) is 17.4. The van der Waals surface area contributed by atoms with Crippen molar-refractivity contribution >= 4 is 17.7 Å². The Morgan fingerprint density at radius 3 is 1.95 bits per heavy atom. The minimum atomic E-state index is 1.12. The highest BCUT2D eigenvalue weighted by Gasteiger charge is 2.15. The molecular formula is C21H21N. The van der Waals surface area contributed by atoms with Crippen molar-refractivity contribution in [2.45, 2.75) is 12.8 Å². The molecule has 22 heavy (non-hydrogen) atoms. The first-order valence-electron chi connectivity index (χ1n) is 8.21. The first kappa shape index (κ1) is 13.5. The lowest BCUT2D eigenvalue weighted by Gasteiger charge is -2.30. The maximum absolute atomic E-state index is 2.53. The Hall–Kier alpha value is -2.12. The third kappa shape index (κ3) is 2.53. The summed E-state index contributed by atoms with van der Waals surface area (Å²) in [6.07, 6.45) is 9.40. The minimum Gasteiger partial charge on any atom is -0.303 e. The molecule has 1 saturated heterocycles. The summed E-state index contributed by atoms with van der Waals surface area (Å²) < 4.78 is 0. The van der Waals surface area contributed by atoms with Gasteiger partial charge in [-0.3, -0.25) is 0 Å². The molecule has 1 aliphatic carbocycles. The molecule has 0 amide bonds. The molecule has 2 aliphatic rings. The Morgan fingerprint density at radius 1 is 0.818 bits per heavy atom. The van der Waals surface area contributed by atoms with E-state index in [1.807, 2.05) is 0 Å². The Balaban J connectivity index is 1.74. The Kier molecular flexibility index (Phi) is 3.65. The molecule has 110 valence electrons. The molecule has 1 heterocycles. The van der Waals surface area contributed by atoms with Crippen molar-refractivity contribution < 1.29 is 0 Å². The van der Waals surface area contributed by atoms with Gasteiger partial charge in [0, 0.05) is 6.54 Å². The molecule has 0 atom stereocenters. The van der Waals surface area contributed by atoms with Crippen molar-refractivity contribution in [1.82, 2.24) is 4.90 Å². The zero-order chi connectivity index (χ0) is 14.8. The van der Waals surface area contributed by atoms with Gasteiger partial charge in [-0.15, -0.1) is 0 Å². The second kappa shape index (κ2) is 5.94. The average molecular weight is 287 g/mol. The SMILES string of the molecule is C1=Cc2ccccc2C(=CCCN2CCC2)c2ccccc21. The fourth-order valence-corrected chi connectivity index (χ4v) is 3.32. The van der Waals surface area contributed by atoms with Crippen LogP contribution in [0, 0.1) is 0 Å². The summed E-state index contributed by atoms with van der Waals surface area (Å²) >= 11 is 0. The summed E-state index contributed by atoms with van der Waals surface area (Å²) in [5.41, 5.74) is 6.72. The Morgan fingerprint density at radius 2 is 1.41 bits per heavy atom. The maximum atomic E-state index is 2.53. The Bertz CT molecular complexity index is 684. The van der Waals surface area contributed by atoms with Crippen LogP contribution in [0.1, 0.15) is 35.1 Å². The van der Waals surface area contributed by atoms with Gasteiger partial charge in [0.2, 0.25) is 0 Å². The van der Waals surface area contributed by atoms with Crippen molar-refractivity contribution in [3.8, 4) is 0 Å². The van der Waals surface area contributed by atoms with E-state index in [2.05, 4.69) is 71.7 Å². The molecule has 0 radical (unpaired) electrons. The number of likely N-dealkylation sites (tertiary alicyclic amines) is 1. The third-order valence-electron chi connectivity index (χ3n) is 4.69. The lowest BCUT2D eigenvalue weighted by molar-refractivity contribution is 0.185. The van der Waals surface area contributed by atoms with Crippen molar-refractivity contribution in [2.75, 3.05) is 19.6 Å². The van der Waals surface area contributed by atoms with Gasteiger partial charge in [-0.1, -0.05) is 66.8 Å². The molecule has 1 nitrogen and oxygen atoms in total. The molecule has 0 bridgehead atoms. The molecule has 1 heteroatoms. The van der Waals surface area contributed by atoms with E-state index >= 15 is 0 Å². The standard InChI is InChI=1S/C21H21N/c1-3-9-19-17(7-1)12-13-18-8-2-4-10-20(18)21(19)11-5-14-22-15-6-16-22/h1-4,7-13H,5-6,14-16H2. The van der Waals surface area contributed by atoms with Crippen LogP contribution in [0.2, 0.25) is 0 Å². The van der Waals surface area contributed by atoms with Gasteiger partial charge in [-0.05, 0) is 53.8 Å². The predicted octanol–water partition coefficient (Wildman–Crippen LogP) is 4.70. The fourth-order valence-electron chi connectivity index (χ4n) is 3.32. The van der Waals surface area contributed by atoms with E-state index in [-0.39, 0.29) is 0 Å². The summed E-state index contributed by atoms with van der Waals surface area (Å²) in [6.45, 7) is 3.73. The van der Waals surface area contributed by atoms with Crippen LogP contribution in [0.4, 0.5) is 0 Å². The van der Waals surface area contributed by atoms with Crippen molar-refractivity contribution in [3.05, 3.63) is 76.9 Å². The van der Waals surface area contributed by atoms with Crippen molar-refractivity contribution in [2.24, 2.45) is 0 Å². The van der Waals surface area contributed by atoms with Gasteiger partial charge < -0.3 is 4.90 Å². The molecule has 4 rings (SSSR count). The number of nitrogens with zero attached hydrogens (tertiary/aromatic N) is 1. The van der Waals surface area contributed by atoms with Gasteiger partial charge >= 0.3 is 0 Å². The second-order valence-electron chi connectivity index (χ2n) is 6.11. The smallest absolute Gasteiger partial charge is 0.00163 e. The number of hydrogen-bond donors (Lipinski definition) is 0. The zero-order valence-corrected chi connectivity index (χ0v) is 12.8. The van der Waals surface area contributed by atoms with E-state index in [0.717, 1.165) is 6.42 Å². The highest BCUT2D eigenvalue weighted by molar-refractivity contribution is 5.93. The quantitative estimate of drug-likeness (QED) is 0.675. The van der Waals surface area contributed by atoms with E-state index in [1.54, 1.807) is 0 Å². The first-order valence-corrected chi connectivity index (χ1v) is 8.21. The van der Waals surface area contributed by atoms with Crippen LogP contribution in [0.15, 0.2) is 54.6 Å². The third-order valence-corrected chi connectivity index (χ3v) is 4.69. The normalized spacial score (nSPS) is 16.5. The summed E-state index contributed by atoms with van der Waals surface area (Å²) in [5, 5.41) is 0. The van der Waals surface area contributed by atoms with Crippen LogP contribution in [0.3, 0.4) is 0 Å². The van der Waals surface area contributed by atoms with Crippen molar-refractivity contribution in [1.29, 1.82) is 0 Å². The molecule has 1 fully saturated rings. The highest BCUT2D eigenvalue weighted by atomic mass is 15.2. The fraction of sp³-hybridized carbons (Fsp3) is 0.238. The van der Waals surface area contributed by atoms with E-state index in [0.29, 0.717) is 0 Å². The van der Waals surface area contributed by atoms with Crippen LogP contribution in [0.5, 0.6) is 0 Å².